The second-order valence-electron chi connectivity index (χ2n) is 3.80. The van der Waals surface area contributed by atoms with Crippen LogP contribution in [0.3, 0.4) is 0 Å². The quantitative estimate of drug-likeness (QED) is 0.781. The minimum Gasteiger partial charge on any atom is -0.480 e. The average Bonchev–Trinajstić information content (AvgIpc) is 2.33. The molecule has 96 valence electrons. The molecular formula is C12H26N2O2. The van der Waals surface area contributed by atoms with Crippen molar-refractivity contribution in [2.75, 3.05) is 26.7 Å². The first-order valence-electron chi connectivity index (χ1n) is 6.33. The van der Waals surface area contributed by atoms with Crippen LogP contribution in [0.4, 0.5) is 0 Å². The summed E-state index contributed by atoms with van der Waals surface area (Å²) in [6.45, 7) is 10.1. The Bertz CT molecular complexity index is 197. The Morgan fingerprint density at radius 3 is 1.94 bits per heavy atom. The van der Waals surface area contributed by atoms with Crippen molar-refractivity contribution in [3.8, 4) is 0 Å². The van der Waals surface area contributed by atoms with Gasteiger partial charge in [-0.2, -0.15) is 0 Å². The summed E-state index contributed by atoms with van der Waals surface area (Å²) in [6, 6.07) is 1.23. The lowest BCUT2D eigenvalue weighted by Crippen LogP contribution is -2.67. The maximum absolute atomic E-state index is 10.4. The van der Waals surface area contributed by atoms with Crippen LogP contribution in [0.25, 0.3) is 0 Å². The summed E-state index contributed by atoms with van der Waals surface area (Å²) < 4.78 is 0. The Morgan fingerprint density at radius 2 is 1.62 bits per heavy atom. The normalized spacial score (nSPS) is 27.8. The van der Waals surface area contributed by atoms with Crippen molar-refractivity contribution in [1.29, 1.82) is 0 Å². The molecule has 16 heavy (non-hydrogen) atoms. The molecule has 3 saturated heterocycles. The van der Waals surface area contributed by atoms with Crippen molar-refractivity contribution in [1.82, 2.24) is 9.80 Å². The number of likely N-dealkylation sites (N-methyl/N-ethyl adjacent to an activating group) is 1. The molecule has 1 N–H and O–H groups in total. The van der Waals surface area contributed by atoms with Gasteiger partial charge in [-0.05, 0) is 13.5 Å². The van der Waals surface area contributed by atoms with Crippen LogP contribution >= 0.6 is 0 Å². The fraction of sp³-hybridized carbons (Fsp3) is 0.917. The maximum atomic E-state index is 10.4. The molecule has 0 saturated carbocycles. The van der Waals surface area contributed by atoms with Crippen LogP contribution in [-0.4, -0.2) is 59.6 Å². The van der Waals surface area contributed by atoms with E-state index in [1.807, 2.05) is 32.6 Å². The molecule has 3 rings (SSSR count). The predicted molar refractivity (Wildman–Crippen MR) is 66.7 cm³/mol. The molecule has 3 aliphatic heterocycles. The summed E-state index contributed by atoms with van der Waals surface area (Å²) in [5.74, 6) is -0.709. The molecule has 2 bridgehead atoms. The Kier molecular flexibility index (Phi) is 7.34. The SMILES string of the molecule is CC.CC.CN1C2CC1CN(CC(=O)O)C2. The largest absolute Gasteiger partial charge is 0.480 e. The van der Waals surface area contributed by atoms with E-state index >= 15 is 0 Å². The van der Waals surface area contributed by atoms with E-state index in [4.69, 9.17) is 5.11 Å². The highest BCUT2D eigenvalue weighted by molar-refractivity contribution is 5.69. The van der Waals surface area contributed by atoms with Crippen LogP contribution in [0.2, 0.25) is 0 Å². The Hall–Kier alpha value is -0.610. The first kappa shape index (κ1) is 15.4. The number of rotatable bonds is 2. The molecule has 2 atom stereocenters. The lowest BCUT2D eigenvalue weighted by molar-refractivity contribution is -0.141. The van der Waals surface area contributed by atoms with E-state index in [0.717, 1.165) is 13.1 Å². The molecule has 4 nitrogen and oxygen atoms in total. The zero-order valence-corrected chi connectivity index (χ0v) is 11.2. The molecule has 0 aromatic carbocycles. The smallest absolute Gasteiger partial charge is 0.317 e. The van der Waals surface area contributed by atoms with Crippen molar-refractivity contribution in [3.63, 3.8) is 0 Å². The van der Waals surface area contributed by atoms with Crippen LogP contribution in [-0.2, 0) is 4.79 Å². The maximum Gasteiger partial charge on any atom is 0.317 e. The standard InChI is InChI=1S/C8H14N2O2.2C2H6/c1-9-6-2-7(9)4-10(3-6)5-8(11)12;2*1-2/h6-7H,2-5H2,1H3,(H,11,12);2*1-2H3. The van der Waals surface area contributed by atoms with Gasteiger partial charge in [-0.1, -0.05) is 27.7 Å². The Balaban J connectivity index is 0.000000509. The van der Waals surface area contributed by atoms with Crippen molar-refractivity contribution < 1.29 is 9.90 Å². The van der Waals surface area contributed by atoms with Gasteiger partial charge in [-0.3, -0.25) is 14.6 Å². The molecule has 0 spiro atoms. The molecule has 0 radical (unpaired) electrons. The number of nitrogens with zero attached hydrogens (tertiary/aromatic N) is 2. The lowest BCUT2D eigenvalue weighted by atomic mass is 9.88. The van der Waals surface area contributed by atoms with Crippen molar-refractivity contribution in [2.24, 2.45) is 0 Å². The number of fused-ring (bicyclic) bond motifs is 2. The number of carboxylic acid groups (broad SMARTS) is 1. The van der Waals surface area contributed by atoms with E-state index in [1.165, 1.54) is 6.42 Å². The molecule has 0 aromatic rings. The topological polar surface area (TPSA) is 43.8 Å². The molecule has 0 aromatic heterocycles. The van der Waals surface area contributed by atoms with Gasteiger partial charge in [0.1, 0.15) is 0 Å². The highest BCUT2D eigenvalue weighted by atomic mass is 16.4. The third-order valence-corrected chi connectivity index (χ3v) is 2.99. The summed E-state index contributed by atoms with van der Waals surface area (Å²) in [4.78, 5) is 14.8. The Morgan fingerprint density at radius 1 is 1.19 bits per heavy atom. The number of carbonyl (C=O) groups is 1. The number of piperazine rings is 1. The summed E-state index contributed by atoms with van der Waals surface area (Å²) in [6.07, 6.45) is 1.26. The van der Waals surface area contributed by atoms with E-state index in [9.17, 15) is 4.79 Å². The molecule has 4 heteroatoms. The van der Waals surface area contributed by atoms with Crippen molar-refractivity contribution in [3.05, 3.63) is 0 Å². The molecule has 3 aliphatic rings. The van der Waals surface area contributed by atoms with Crippen LogP contribution in [0, 0.1) is 0 Å². The van der Waals surface area contributed by atoms with Crippen LogP contribution < -0.4 is 0 Å². The number of piperidine rings is 1. The third-order valence-electron chi connectivity index (χ3n) is 2.99. The van der Waals surface area contributed by atoms with E-state index < -0.39 is 5.97 Å². The minimum absolute atomic E-state index is 0.209. The molecule has 0 amide bonds. The first-order chi connectivity index (χ1) is 7.66. The van der Waals surface area contributed by atoms with E-state index in [2.05, 4.69) is 11.9 Å². The summed E-state index contributed by atoms with van der Waals surface area (Å²) in [5.41, 5.74) is 0. The second-order valence-corrected chi connectivity index (χ2v) is 3.80. The molecule has 2 unspecified atom stereocenters. The van der Waals surface area contributed by atoms with Gasteiger partial charge in [0.2, 0.25) is 0 Å². The number of carboxylic acids is 1. The van der Waals surface area contributed by atoms with E-state index in [0.29, 0.717) is 12.1 Å². The second kappa shape index (κ2) is 7.63. The molecule has 0 aliphatic carbocycles. The highest BCUT2D eigenvalue weighted by Crippen LogP contribution is 2.29. The fourth-order valence-electron chi connectivity index (χ4n) is 2.20. The molecule has 3 fully saturated rings. The zero-order valence-electron chi connectivity index (χ0n) is 11.2. The molecular weight excluding hydrogens is 204 g/mol. The minimum atomic E-state index is -0.709. The predicted octanol–water partition coefficient (Wildman–Crippen LogP) is 1.51. The number of hydrogen-bond donors (Lipinski definition) is 1. The van der Waals surface area contributed by atoms with Gasteiger partial charge in [0, 0.05) is 25.2 Å². The molecule has 3 heterocycles. The van der Waals surface area contributed by atoms with Crippen LogP contribution in [0.15, 0.2) is 0 Å². The van der Waals surface area contributed by atoms with Crippen LogP contribution in [0.1, 0.15) is 34.1 Å². The average molecular weight is 230 g/mol. The van der Waals surface area contributed by atoms with Gasteiger partial charge in [0.25, 0.3) is 0 Å². The first-order valence-corrected chi connectivity index (χ1v) is 6.33. The van der Waals surface area contributed by atoms with Gasteiger partial charge in [-0.25, -0.2) is 0 Å². The van der Waals surface area contributed by atoms with Gasteiger partial charge in [0.05, 0.1) is 6.54 Å². The highest BCUT2D eigenvalue weighted by Gasteiger charge is 2.42. The number of aliphatic carboxylic acids is 1. The van der Waals surface area contributed by atoms with Gasteiger partial charge >= 0.3 is 5.97 Å². The summed E-state index contributed by atoms with van der Waals surface area (Å²) in [5, 5.41) is 8.58. The van der Waals surface area contributed by atoms with Crippen molar-refractivity contribution in [2.45, 2.75) is 46.2 Å². The fourth-order valence-corrected chi connectivity index (χ4v) is 2.20. The zero-order chi connectivity index (χ0) is 12.7. The van der Waals surface area contributed by atoms with Gasteiger partial charge < -0.3 is 5.11 Å². The van der Waals surface area contributed by atoms with E-state index in [1.54, 1.807) is 0 Å². The summed E-state index contributed by atoms with van der Waals surface area (Å²) >= 11 is 0. The van der Waals surface area contributed by atoms with Crippen LogP contribution in [0.5, 0.6) is 0 Å². The third kappa shape index (κ3) is 3.76. The number of hydrogen-bond acceptors (Lipinski definition) is 3. The van der Waals surface area contributed by atoms with E-state index in [-0.39, 0.29) is 6.54 Å². The van der Waals surface area contributed by atoms with Crippen molar-refractivity contribution >= 4 is 5.97 Å². The summed E-state index contributed by atoms with van der Waals surface area (Å²) in [7, 11) is 2.12. The van der Waals surface area contributed by atoms with Gasteiger partial charge in [0.15, 0.2) is 0 Å². The monoisotopic (exact) mass is 230 g/mol. The lowest BCUT2D eigenvalue weighted by Gasteiger charge is -2.54. The Labute approximate surface area is 99.2 Å². The van der Waals surface area contributed by atoms with Gasteiger partial charge in [-0.15, -0.1) is 0 Å².